The van der Waals surface area contributed by atoms with Gasteiger partial charge < -0.3 is 15.4 Å². The second-order valence-electron chi connectivity index (χ2n) is 8.41. The number of hydrogen-bond donors (Lipinski definition) is 3. The first-order chi connectivity index (χ1) is 15.5. The lowest BCUT2D eigenvalue weighted by Crippen LogP contribution is -2.38. The van der Waals surface area contributed by atoms with E-state index in [2.05, 4.69) is 15.3 Å². The number of H-pyrrole nitrogens is 1. The minimum absolute atomic E-state index is 0.0442. The van der Waals surface area contributed by atoms with Gasteiger partial charge in [0, 0.05) is 17.5 Å². The summed E-state index contributed by atoms with van der Waals surface area (Å²) in [4.78, 5) is 20.2. The lowest BCUT2D eigenvalue weighted by atomic mass is 9.93. The van der Waals surface area contributed by atoms with Crippen LogP contribution in [0.25, 0.3) is 11.0 Å². The molecule has 1 fully saturated rings. The quantitative estimate of drug-likeness (QED) is 0.423. The van der Waals surface area contributed by atoms with Crippen molar-refractivity contribution in [3.8, 4) is 0 Å². The summed E-state index contributed by atoms with van der Waals surface area (Å²) in [5, 5.41) is 13.1. The number of aliphatic hydroxyl groups excluding tert-OH is 1. The van der Waals surface area contributed by atoms with E-state index < -0.39 is 11.7 Å². The van der Waals surface area contributed by atoms with Crippen LogP contribution >= 0.6 is 23.2 Å². The highest BCUT2D eigenvalue weighted by Crippen LogP contribution is 2.34. The molecule has 0 saturated heterocycles. The standard InChI is InChI=1S/C23H22Cl2F3N3O2/c1-11-8-12(23(26,27)28)9-18-21(11)31-19(30-18)10-16-17(24)7-6-15(20(16)25)22(33)29-13-2-4-14(32)5-3-13/h6-9,13-14,32H,2-5,10H2,1H3,(H,29,33)(H,30,31). The summed E-state index contributed by atoms with van der Waals surface area (Å²) >= 11 is 12.9. The van der Waals surface area contributed by atoms with Crippen molar-refractivity contribution in [3.05, 3.63) is 62.4 Å². The van der Waals surface area contributed by atoms with Crippen molar-refractivity contribution >= 4 is 40.1 Å². The zero-order valence-corrected chi connectivity index (χ0v) is 19.2. The summed E-state index contributed by atoms with van der Waals surface area (Å²) in [6, 6.07) is 5.14. The molecule has 0 aliphatic heterocycles. The van der Waals surface area contributed by atoms with E-state index >= 15 is 0 Å². The van der Waals surface area contributed by atoms with Crippen LogP contribution in [-0.4, -0.2) is 33.1 Å². The average Bonchev–Trinajstić information content (AvgIpc) is 3.15. The fraction of sp³-hybridized carbons (Fsp3) is 0.391. The van der Waals surface area contributed by atoms with Gasteiger partial charge in [-0.15, -0.1) is 0 Å². The Bertz CT molecular complexity index is 1200. The van der Waals surface area contributed by atoms with Gasteiger partial charge >= 0.3 is 6.18 Å². The first kappa shape index (κ1) is 23.9. The number of nitrogens with one attached hydrogen (secondary N) is 2. The van der Waals surface area contributed by atoms with Crippen LogP contribution in [0.4, 0.5) is 13.2 Å². The van der Waals surface area contributed by atoms with Crippen LogP contribution in [0.3, 0.4) is 0 Å². The molecule has 3 N–H and O–H groups in total. The minimum atomic E-state index is -4.46. The van der Waals surface area contributed by atoms with E-state index in [1.54, 1.807) is 19.1 Å². The Hall–Kier alpha value is -2.29. The molecule has 1 aliphatic carbocycles. The van der Waals surface area contributed by atoms with Crippen LogP contribution in [0.5, 0.6) is 0 Å². The molecule has 5 nitrogen and oxygen atoms in total. The minimum Gasteiger partial charge on any atom is -0.393 e. The van der Waals surface area contributed by atoms with Gasteiger partial charge in [-0.05, 0) is 68.0 Å². The fourth-order valence-electron chi connectivity index (χ4n) is 4.17. The lowest BCUT2D eigenvalue weighted by molar-refractivity contribution is -0.137. The molecule has 3 aromatic rings. The molecule has 1 saturated carbocycles. The third-order valence-corrected chi connectivity index (χ3v) is 6.75. The van der Waals surface area contributed by atoms with Gasteiger partial charge in [0.05, 0.1) is 33.3 Å². The molecule has 4 rings (SSSR count). The SMILES string of the molecule is Cc1cc(C(F)(F)F)cc2[nH]c(Cc3c(Cl)ccc(C(=O)NC4CCC(O)CC4)c3Cl)nc12. The summed E-state index contributed by atoms with van der Waals surface area (Å²) in [5.74, 6) is 0.0460. The average molecular weight is 500 g/mol. The second-order valence-corrected chi connectivity index (χ2v) is 9.20. The number of carbonyl (C=O) groups excluding carboxylic acids is 1. The van der Waals surface area contributed by atoms with Crippen LogP contribution in [0.1, 0.15) is 58.6 Å². The van der Waals surface area contributed by atoms with Gasteiger partial charge in [-0.25, -0.2) is 4.98 Å². The molecule has 10 heteroatoms. The van der Waals surface area contributed by atoms with Crippen molar-refractivity contribution in [2.75, 3.05) is 0 Å². The molecule has 1 aromatic heterocycles. The topological polar surface area (TPSA) is 78.0 Å². The third kappa shape index (κ3) is 5.13. The number of halogens is 5. The number of aromatic amines is 1. The Morgan fingerprint density at radius 1 is 1.21 bits per heavy atom. The summed E-state index contributed by atoms with van der Waals surface area (Å²) in [6.45, 7) is 1.57. The molecule has 33 heavy (non-hydrogen) atoms. The van der Waals surface area contributed by atoms with E-state index in [1.807, 2.05) is 0 Å². The molecule has 0 spiro atoms. The maximum absolute atomic E-state index is 13.1. The van der Waals surface area contributed by atoms with Crippen LogP contribution in [0, 0.1) is 6.92 Å². The Labute approximate surface area is 198 Å². The van der Waals surface area contributed by atoms with Gasteiger partial charge in [0.15, 0.2) is 0 Å². The number of rotatable bonds is 4. The van der Waals surface area contributed by atoms with Crippen molar-refractivity contribution in [2.24, 2.45) is 0 Å². The number of fused-ring (bicyclic) bond motifs is 1. The Morgan fingerprint density at radius 2 is 1.91 bits per heavy atom. The van der Waals surface area contributed by atoms with Gasteiger partial charge in [-0.1, -0.05) is 23.2 Å². The first-order valence-electron chi connectivity index (χ1n) is 10.5. The number of aryl methyl sites for hydroxylation is 1. The summed E-state index contributed by atoms with van der Waals surface area (Å²) in [7, 11) is 0. The maximum Gasteiger partial charge on any atom is 0.416 e. The highest BCUT2D eigenvalue weighted by Gasteiger charge is 2.31. The zero-order valence-electron chi connectivity index (χ0n) is 17.7. The summed E-state index contributed by atoms with van der Waals surface area (Å²) in [6.07, 6.45) is -2.05. The lowest BCUT2D eigenvalue weighted by Gasteiger charge is -2.26. The highest BCUT2D eigenvalue weighted by molar-refractivity contribution is 6.38. The smallest absolute Gasteiger partial charge is 0.393 e. The van der Waals surface area contributed by atoms with Gasteiger partial charge in [0.1, 0.15) is 5.82 Å². The number of imidazole rings is 1. The van der Waals surface area contributed by atoms with Crippen LogP contribution in [0.2, 0.25) is 10.0 Å². The van der Waals surface area contributed by atoms with E-state index in [0.29, 0.717) is 53.2 Å². The van der Waals surface area contributed by atoms with Crippen LogP contribution < -0.4 is 5.32 Å². The maximum atomic E-state index is 13.1. The Morgan fingerprint density at radius 3 is 2.58 bits per heavy atom. The number of nitrogens with zero attached hydrogens (tertiary/aromatic N) is 1. The number of amides is 1. The van der Waals surface area contributed by atoms with Crippen LogP contribution in [-0.2, 0) is 12.6 Å². The molecule has 0 atom stereocenters. The van der Waals surface area contributed by atoms with Crippen molar-refractivity contribution in [1.29, 1.82) is 0 Å². The van der Waals surface area contributed by atoms with Crippen molar-refractivity contribution in [2.45, 2.75) is 57.3 Å². The zero-order chi connectivity index (χ0) is 23.9. The van der Waals surface area contributed by atoms with Gasteiger partial charge in [-0.2, -0.15) is 13.2 Å². The Kier molecular flexibility index (Phi) is 6.62. The molecule has 1 heterocycles. The van der Waals surface area contributed by atoms with Gasteiger partial charge in [-0.3, -0.25) is 4.79 Å². The van der Waals surface area contributed by atoms with E-state index in [-0.39, 0.29) is 40.6 Å². The molecule has 2 aromatic carbocycles. The highest BCUT2D eigenvalue weighted by atomic mass is 35.5. The van der Waals surface area contributed by atoms with E-state index in [9.17, 15) is 23.1 Å². The van der Waals surface area contributed by atoms with Crippen LogP contribution in [0.15, 0.2) is 24.3 Å². The number of hydrogen-bond acceptors (Lipinski definition) is 3. The number of aromatic nitrogens is 2. The molecular formula is C23H22Cl2F3N3O2. The summed E-state index contributed by atoms with van der Waals surface area (Å²) in [5.41, 5.74) is 1.04. The number of aliphatic hydroxyl groups is 1. The first-order valence-corrected chi connectivity index (χ1v) is 11.3. The predicted octanol–water partition coefficient (Wildman–Crippen LogP) is 5.82. The van der Waals surface area contributed by atoms with Gasteiger partial charge in [0.25, 0.3) is 5.91 Å². The normalized spacial score (nSPS) is 19.1. The molecule has 1 aliphatic rings. The number of benzene rings is 2. The molecular weight excluding hydrogens is 478 g/mol. The Balaban J connectivity index is 1.60. The van der Waals surface area contributed by atoms with E-state index in [1.165, 1.54) is 0 Å². The monoisotopic (exact) mass is 499 g/mol. The van der Waals surface area contributed by atoms with Crippen molar-refractivity contribution < 1.29 is 23.1 Å². The molecule has 0 radical (unpaired) electrons. The molecule has 176 valence electrons. The molecule has 0 bridgehead atoms. The molecule has 0 unspecified atom stereocenters. The van der Waals surface area contributed by atoms with E-state index in [4.69, 9.17) is 23.2 Å². The third-order valence-electron chi connectivity index (χ3n) is 5.96. The van der Waals surface area contributed by atoms with E-state index in [0.717, 1.165) is 12.1 Å². The number of alkyl halides is 3. The summed E-state index contributed by atoms with van der Waals surface area (Å²) < 4.78 is 39.4. The largest absolute Gasteiger partial charge is 0.416 e. The second kappa shape index (κ2) is 9.16. The molecule has 1 amide bonds. The predicted molar refractivity (Wildman–Crippen MR) is 121 cm³/mol. The van der Waals surface area contributed by atoms with Crippen molar-refractivity contribution in [3.63, 3.8) is 0 Å². The number of carbonyl (C=O) groups is 1. The van der Waals surface area contributed by atoms with Crippen molar-refractivity contribution in [1.82, 2.24) is 15.3 Å². The fourth-order valence-corrected chi connectivity index (χ4v) is 4.76. The van der Waals surface area contributed by atoms with Gasteiger partial charge in [0.2, 0.25) is 0 Å².